The molecule has 0 radical (unpaired) electrons. The number of fused-ring (bicyclic) bond motifs is 3. The lowest BCUT2D eigenvalue weighted by Crippen LogP contribution is -1.76. The third-order valence-corrected chi connectivity index (χ3v) is 3.98. The maximum Gasteiger partial charge on any atom is 0.140 e. The van der Waals surface area contributed by atoms with Gasteiger partial charge in [-0.15, -0.1) is 0 Å². The molecule has 0 spiro atoms. The fourth-order valence-electron chi connectivity index (χ4n) is 2.68. The fraction of sp³-hybridized carbons (Fsp3) is 0. The van der Waals surface area contributed by atoms with Crippen molar-refractivity contribution in [2.24, 2.45) is 0 Å². The van der Waals surface area contributed by atoms with Gasteiger partial charge in [-0.25, -0.2) is 9.37 Å². The van der Waals surface area contributed by atoms with Gasteiger partial charge >= 0.3 is 0 Å². The van der Waals surface area contributed by atoms with E-state index >= 15 is 0 Å². The zero-order valence-electron chi connectivity index (χ0n) is 12.1. The fourth-order valence-corrected chi connectivity index (χ4v) is 2.82. The number of benzene rings is 2. The third kappa shape index (κ3) is 2.71. The smallest absolute Gasteiger partial charge is 0.140 e. The summed E-state index contributed by atoms with van der Waals surface area (Å²) < 4.78 is 13.2. The molecule has 0 amide bonds. The van der Waals surface area contributed by atoms with Crippen LogP contribution in [0.1, 0.15) is 11.1 Å². The van der Waals surface area contributed by atoms with E-state index in [1.54, 1.807) is 12.1 Å². The predicted molar refractivity (Wildman–Crippen MR) is 93.9 cm³/mol. The van der Waals surface area contributed by atoms with E-state index in [-0.39, 0.29) is 5.82 Å². The molecule has 0 aliphatic carbocycles. The zero-order chi connectivity index (χ0) is 15.8. The standard InChI is InChI=1S/C19H12ClFN2/c20-18-9-7-15-16-11-13(6-8-17(16)22-19(15)23-18)5-4-12-2-1-3-14(21)10-12/h1-11H,(H,22,23). The summed E-state index contributed by atoms with van der Waals surface area (Å²) in [6.07, 6.45) is 3.87. The quantitative estimate of drug-likeness (QED) is 0.373. The lowest BCUT2D eigenvalue weighted by atomic mass is 10.1. The molecule has 2 aromatic heterocycles. The Morgan fingerprint density at radius 1 is 0.913 bits per heavy atom. The lowest BCUT2D eigenvalue weighted by molar-refractivity contribution is 0.627. The van der Waals surface area contributed by atoms with Crippen molar-refractivity contribution in [2.75, 3.05) is 0 Å². The molecule has 4 heteroatoms. The van der Waals surface area contributed by atoms with E-state index in [1.807, 2.05) is 36.4 Å². The summed E-state index contributed by atoms with van der Waals surface area (Å²) in [6.45, 7) is 0. The first-order chi connectivity index (χ1) is 11.2. The Morgan fingerprint density at radius 3 is 2.57 bits per heavy atom. The second-order valence-corrected chi connectivity index (χ2v) is 5.74. The molecule has 0 saturated heterocycles. The van der Waals surface area contributed by atoms with Crippen molar-refractivity contribution in [3.8, 4) is 0 Å². The maximum atomic E-state index is 13.2. The van der Waals surface area contributed by atoms with Crippen LogP contribution in [-0.4, -0.2) is 9.97 Å². The van der Waals surface area contributed by atoms with Gasteiger partial charge in [-0.1, -0.05) is 42.0 Å². The Morgan fingerprint density at radius 2 is 1.74 bits per heavy atom. The summed E-state index contributed by atoms with van der Waals surface area (Å²) in [4.78, 5) is 7.55. The molecular weight excluding hydrogens is 311 g/mol. The minimum atomic E-state index is -0.234. The van der Waals surface area contributed by atoms with Gasteiger partial charge in [0.2, 0.25) is 0 Å². The molecule has 4 rings (SSSR count). The molecule has 2 aromatic carbocycles. The number of aromatic nitrogens is 2. The number of aromatic amines is 1. The third-order valence-electron chi connectivity index (χ3n) is 3.77. The number of nitrogens with one attached hydrogen (secondary N) is 1. The van der Waals surface area contributed by atoms with E-state index in [9.17, 15) is 4.39 Å². The zero-order valence-corrected chi connectivity index (χ0v) is 12.8. The number of H-pyrrole nitrogens is 1. The molecule has 0 saturated carbocycles. The van der Waals surface area contributed by atoms with Crippen LogP contribution in [0, 0.1) is 5.82 Å². The summed E-state index contributed by atoms with van der Waals surface area (Å²) in [5.41, 5.74) is 3.66. The first-order valence-corrected chi connectivity index (χ1v) is 7.58. The number of rotatable bonds is 2. The number of hydrogen-bond donors (Lipinski definition) is 1. The highest BCUT2D eigenvalue weighted by Gasteiger charge is 2.06. The Hall–Kier alpha value is -2.65. The highest BCUT2D eigenvalue weighted by Crippen LogP contribution is 2.27. The van der Waals surface area contributed by atoms with Crippen LogP contribution in [0.3, 0.4) is 0 Å². The molecule has 112 valence electrons. The van der Waals surface area contributed by atoms with E-state index in [1.165, 1.54) is 12.1 Å². The van der Waals surface area contributed by atoms with Gasteiger partial charge < -0.3 is 4.98 Å². The van der Waals surface area contributed by atoms with Gasteiger partial charge in [0.1, 0.15) is 16.6 Å². The molecule has 0 bridgehead atoms. The highest BCUT2D eigenvalue weighted by molar-refractivity contribution is 6.30. The molecular formula is C19H12ClFN2. The van der Waals surface area contributed by atoms with E-state index < -0.39 is 0 Å². The lowest BCUT2D eigenvalue weighted by Gasteiger charge is -1.97. The van der Waals surface area contributed by atoms with E-state index in [4.69, 9.17) is 11.6 Å². The number of halogens is 2. The minimum absolute atomic E-state index is 0.234. The largest absolute Gasteiger partial charge is 0.339 e. The Kier molecular flexibility index (Phi) is 3.36. The Labute approximate surface area is 137 Å². The second-order valence-electron chi connectivity index (χ2n) is 5.35. The molecule has 4 aromatic rings. The normalized spacial score (nSPS) is 11.7. The minimum Gasteiger partial charge on any atom is -0.339 e. The summed E-state index contributed by atoms with van der Waals surface area (Å²) in [7, 11) is 0. The molecule has 0 unspecified atom stereocenters. The predicted octanol–water partition coefficient (Wildman–Crippen LogP) is 5.68. The molecule has 0 fully saturated rings. The van der Waals surface area contributed by atoms with Crippen LogP contribution < -0.4 is 0 Å². The summed E-state index contributed by atoms with van der Waals surface area (Å²) >= 11 is 5.93. The first kappa shape index (κ1) is 14.0. The van der Waals surface area contributed by atoms with Gasteiger partial charge in [0.25, 0.3) is 0 Å². The van der Waals surface area contributed by atoms with Crippen LogP contribution in [0.5, 0.6) is 0 Å². The average molecular weight is 323 g/mol. The van der Waals surface area contributed by atoms with E-state index in [0.717, 1.165) is 33.1 Å². The van der Waals surface area contributed by atoms with E-state index in [0.29, 0.717) is 5.15 Å². The van der Waals surface area contributed by atoms with Gasteiger partial charge in [0.15, 0.2) is 0 Å². The van der Waals surface area contributed by atoms with Crippen LogP contribution in [0.25, 0.3) is 34.1 Å². The van der Waals surface area contributed by atoms with Crippen LogP contribution in [0.4, 0.5) is 4.39 Å². The van der Waals surface area contributed by atoms with Crippen molar-refractivity contribution in [3.05, 3.63) is 76.7 Å². The van der Waals surface area contributed by atoms with Gasteiger partial charge in [-0.3, -0.25) is 0 Å². The van der Waals surface area contributed by atoms with Crippen LogP contribution in [0.15, 0.2) is 54.6 Å². The van der Waals surface area contributed by atoms with Crippen LogP contribution in [-0.2, 0) is 0 Å². The van der Waals surface area contributed by atoms with Crippen molar-refractivity contribution in [1.29, 1.82) is 0 Å². The first-order valence-electron chi connectivity index (χ1n) is 7.21. The van der Waals surface area contributed by atoms with Crippen molar-refractivity contribution in [2.45, 2.75) is 0 Å². The van der Waals surface area contributed by atoms with Crippen LogP contribution in [0.2, 0.25) is 5.15 Å². The molecule has 0 aliphatic rings. The van der Waals surface area contributed by atoms with Crippen molar-refractivity contribution in [1.82, 2.24) is 9.97 Å². The van der Waals surface area contributed by atoms with Crippen molar-refractivity contribution in [3.63, 3.8) is 0 Å². The molecule has 0 aliphatic heterocycles. The Bertz CT molecular complexity index is 1050. The molecule has 1 N–H and O–H groups in total. The molecule has 2 nitrogen and oxygen atoms in total. The summed E-state index contributed by atoms with van der Waals surface area (Å²) in [5, 5.41) is 2.59. The molecule has 0 atom stereocenters. The van der Waals surface area contributed by atoms with Crippen molar-refractivity contribution >= 4 is 45.7 Å². The summed E-state index contributed by atoms with van der Waals surface area (Å²) in [6, 6.07) is 16.4. The molecule has 23 heavy (non-hydrogen) atoms. The van der Waals surface area contributed by atoms with Gasteiger partial charge in [0.05, 0.1) is 0 Å². The average Bonchev–Trinajstić information content (AvgIpc) is 2.89. The second kappa shape index (κ2) is 5.52. The number of pyridine rings is 1. The highest BCUT2D eigenvalue weighted by atomic mass is 35.5. The van der Waals surface area contributed by atoms with Crippen molar-refractivity contribution < 1.29 is 4.39 Å². The van der Waals surface area contributed by atoms with Crippen LogP contribution >= 0.6 is 11.6 Å². The van der Waals surface area contributed by atoms with E-state index in [2.05, 4.69) is 16.0 Å². The van der Waals surface area contributed by atoms with Gasteiger partial charge in [0, 0.05) is 16.3 Å². The van der Waals surface area contributed by atoms with Gasteiger partial charge in [-0.05, 0) is 47.5 Å². The molecule has 2 heterocycles. The monoisotopic (exact) mass is 322 g/mol. The summed E-state index contributed by atoms with van der Waals surface area (Å²) in [5.74, 6) is -0.234. The number of hydrogen-bond acceptors (Lipinski definition) is 1. The SMILES string of the molecule is Fc1cccc(C=Cc2ccc3[nH]c4nc(Cl)ccc4c3c2)c1. The topological polar surface area (TPSA) is 28.7 Å². The maximum absolute atomic E-state index is 13.2. The number of nitrogens with zero attached hydrogens (tertiary/aromatic N) is 1. The Balaban J connectivity index is 1.77. The van der Waals surface area contributed by atoms with Gasteiger partial charge in [-0.2, -0.15) is 0 Å².